The number of likely N-dealkylation sites (tertiary alicyclic amines) is 1. The van der Waals surface area contributed by atoms with Gasteiger partial charge in [0.25, 0.3) is 17.4 Å². The van der Waals surface area contributed by atoms with Crippen molar-refractivity contribution in [2.75, 3.05) is 45.9 Å². The van der Waals surface area contributed by atoms with Crippen LogP contribution in [0.4, 0.5) is 4.79 Å². The summed E-state index contributed by atoms with van der Waals surface area (Å²) in [5.41, 5.74) is 2.65. The second-order valence-electron chi connectivity index (χ2n) is 9.86. The molecule has 0 radical (unpaired) electrons. The second kappa shape index (κ2) is 11.2. The van der Waals surface area contributed by atoms with Crippen molar-refractivity contribution in [3.8, 4) is 0 Å². The summed E-state index contributed by atoms with van der Waals surface area (Å²) in [4.78, 5) is 68.1. The number of aryl methyl sites for hydroxylation is 1. The number of rotatable bonds is 4. The first-order valence-electron chi connectivity index (χ1n) is 13.3. The molecule has 1 aromatic carbocycles. The minimum atomic E-state index is -0.503. The van der Waals surface area contributed by atoms with E-state index in [1.54, 1.807) is 45.9 Å². The number of piperazine rings is 1. The summed E-state index contributed by atoms with van der Waals surface area (Å²) in [6, 6.07) is 10.8. The van der Waals surface area contributed by atoms with Gasteiger partial charge < -0.3 is 24.4 Å². The number of pyridine rings is 1. The number of H-pyrrole nitrogens is 1. The van der Waals surface area contributed by atoms with Gasteiger partial charge in [-0.05, 0) is 51.0 Å². The molecule has 204 valence electrons. The number of para-hydroxylation sites is 2. The molecule has 39 heavy (non-hydrogen) atoms. The number of hydrogen-bond donors (Lipinski definition) is 1. The Bertz CT molecular complexity index is 1450. The van der Waals surface area contributed by atoms with E-state index in [2.05, 4.69) is 9.97 Å². The zero-order valence-corrected chi connectivity index (χ0v) is 22.2. The molecule has 0 unspecified atom stereocenters. The molecule has 5 rings (SSSR count). The topological polar surface area (TPSA) is 129 Å². The number of piperidine rings is 1. The van der Waals surface area contributed by atoms with Gasteiger partial charge in [0.1, 0.15) is 0 Å². The summed E-state index contributed by atoms with van der Waals surface area (Å²) < 4.78 is 5.08. The van der Waals surface area contributed by atoms with Crippen LogP contribution < -0.4 is 5.56 Å². The number of nitrogens with one attached hydrogen (secondary N) is 1. The van der Waals surface area contributed by atoms with Gasteiger partial charge in [0.15, 0.2) is 5.69 Å². The minimum absolute atomic E-state index is 0.00318. The van der Waals surface area contributed by atoms with Crippen LogP contribution >= 0.6 is 0 Å². The number of nitrogens with zero attached hydrogens (tertiary/aromatic N) is 5. The Morgan fingerprint density at radius 2 is 1.56 bits per heavy atom. The van der Waals surface area contributed by atoms with Gasteiger partial charge in [-0.1, -0.05) is 12.1 Å². The number of fused-ring (bicyclic) bond motifs is 1. The van der Waals surface area contributed by atoms with E-state index in [-0.39, 0.29) is 23.6 Å². The van der Waals surface area contributed by atoms with Crippen molar-refractivity contribution >= 4 is 28.9 Å². The Balaban J connectivity index is 1.27. The summed E-state index contributed by atoms with van der Waals surface area (Å²) in [6.45, 7) is 6.52. The molecule has 0 spiro atoms. The van der Waals surface area contributed by atoms with Crippen LogP contribution in [0.3, 0.4) is 0 Å². The van der Waals surface area contributed by atoms with Crippen LogP contribution in [0.25, 0.3) is 11.0 Å². The van der Waals surface area contributed by atoms with Crippen LogP contribution in [0.2, 0.25) is 0 Å². The maximum atomic E-state index is 13.5. The lowest BCUT2D eigenvalue weighted by molar-refractivity contribution is 0.0567. The number of benzene rings is 1. The van der Waals surface area contributed by atoms with Crippen molar-refractivity contribution in [1.82, 2.24) is 29.7 Å². The van der Waals surface area contributed by atoms with Crippen LogP contribution in [-0.4, -0.2) is 93.4 Å². The van der Waals surface area contributed by atoms with Crippen LogP contribution in [0.5, 0.6) is 0 Å². The van der Waals surface area contributed by atoms with E-state index >= 15 is 0 Å². The molecular formula is C28H32N6O5. The lowest BCUT2D eigenvalue weighted by Crippen LogP contribution is -2.51. The SMILES string of the molecule is CCOC(=O)N1CCN(C(=O)c2ccc(C)nc2C2CCN(C(=O)c3nc4ccccc4[nH]c3=O)CC2)CC1. The van der Waals surface area contributed by atoms with Crippen molar-refractivity contribution in [3.05, 3.63) is 69.4 Å². The maximum absolute atomic E-state index is 13.5. The summed E-state index contributed by atoms with van der Waals surface area (Å²) in [7, 11) is 0. The van der Waals surface area contributed by atoms with E-state index in [1.807, 2.05) is 19.1 Å². The van der Waals surface area contributed by atoms with Crippen molar-refractivity contribution < 1.29 is 19.1 Å². The lowest BCUT2D eigenvalue weighted by atomic mass is 9.89. The highest BCUT2D eigenvalue weighted by Crippen LogP contribution is 2.30. The fraction of sp³-hybridized carbons (Fsp3) is 0.429. The molecule has 1 N–H and O–H groups in total. The Morgan fingerprint density at radius 1 is 0.897 bits per heavy atom. The molecule has 2 saturated heterocycles. The molecule has 0 bridgehead atoms. The molecule has 11 nitrogen and oxygen atoms in total. The third kappa shape index (κ3) is 5.47. The number of aromatic nitrogens is 3. The van der Waals surface area contributed by atoms with E-state index in [4.69, 9.17) is 9.72 Å². The largest absolute Gasteiger partial charge is 0.450 e. The smallest absolute Gasteiger partial charge is 0.409 e. The Labute approximate surface area is 225 Å². The maximum Gasteiger partial charge on any atom is 0.409 e. The average Bonchev–Trinajstić information content (AvgIpc) is 2.96. The monoisotopic (exact) mass is 532 g/mol. The van der Waals surface area contributed by atoms with Gasteiger partial charge in [0.2, 0.25) is 0 Å². The third-order valence-corrected chi connectivity index (χ3v) is 7.36. The van der Waals surface area contributed by atoms with E-state index in [1.165, 1.54) is 0 Å². The molecule has 0 saturated carbocycles. The summed E-state index contributed by atoms with van der Waals surface area (Å²) in [5.74, 6) is -0.503. The highest BCUT2D eigenvalue weighted by Gasteiger charge is 2.32. The van der Waals surface area contributed by atoms with E-state index in [9.17, 15) is 19.2 Å². The van der Waals surface area contributed by atoms with Crippen LogP contribution in [0.1, 0.15) is 57.9 Å². The fourth-order valence-electron chi connectivity index (χ4n) is 5.23. The number of aromatic amines is 1. The molecule has 4 heterocycles. The van der Waals surface area contributed by atoms with Crippen molar-refractivity contribution in [1.29, 1.82) is 0 Å². The predicted molar refractivity (Wildman–Crippen MR) is 144 cm³/mol. The Morgan fingerprint density at radius 3 is 2.28 bits per heavy atom. The zero-order valence-electron chi connectivity index (χ0n) is 22.2. The van der Waals surface area contributed by atoms with E-state index < -0.39 is 11.5 Å². The van der Waals surface area contributed by atoms with Crippen molar-refractivity contribution in [2.45, 2.75) is 32.6 Å². The highest BCUT2D eigenvalue weighted by molar-refractivity contribution is 5.96. The van der Waals surface area contributed by atoms with Gasteiger partial charge in [-0.15, -0.1) is 0 Å². The molecular weight excluding hydrogens is 500 g/mol. The van der Waals surface area contributed by atoms with Gasteiger partial charge in [-0.2, -0.15) is 0 Å². The third-order valence-electron chi connectivity index (χ3n) is 7.36. The van der Waals surface area contributed by atoms with Gasteiger partial charge in [-0.25, -0.2) is 9.78 Å². The second-order valence-corrected chi connectivity index (χ2v) is 9.86. The summed E-state index contributed by atoms with van der Waals surface area (Å²) in [5, 5.41) is 0. The van der Waals surface area contributed by atoms with Crippen LogP contribution in [0, 0.1) is 6.92 Å². The summed E-state index contributed by atoms with van der Waals surface area (Å²) in [6.07, 6.45) is 0.874. The zero-order chi connectivity index (χ0) is 27.5. The van der Waals surface area contributed by atoms with Gasteiger partial charge >= 0.3 is 6.09 Å². The molecule has 0 atom stereocenters. The first kappa shape index (κ1) is 26.3. The molecule has 2 aliphatic rings. The first-order valence-corrected chi connectivity index (χ1v) is 13.3. The number of carbonyl (C=O) groups is 3. The predicted octanol–water partition coefficient (Wildman–Crippen LogP) is 2.56. The van der Waals surface area contributed by atoms with Gasteiger partial charge in [0.05, 0.1) is 28.9 Å². The quantitative estimate of drug-likeness (QED) is 0.547. The number of carbonyl (C=O) groups excluding carboxylic acids is 3. The van der Waals surface area contributed by atoms with E-state index in [0.717, 1.165) is 11.4 Å². The first-order chi connectivity index (χ1) is 18.9. The van der Waals surface area contributed by atoms with E-state index in [0.29, 0.717) is 75.3 Å². The van der Waals surface area contributed by atoms with Gasteiger partial charge in [-0.3, -0.25) is 19.4 Å². The molecule has 2 aromatic heterocycles. The Hall–Kier alpha value is -4.28. The molecule has 3 amide bonds. The Kier molecular flexibility index (Phi) is 7.58. The normalized spacial score (nSPS) is 16.4. The highest BCUT2D eigenvalue weighted by atomic mass is 16.6. The van der Waals surface area contributed by atoms with Crippen LogP contribution in [0.15, 0.2) is 41.2 Å². The standard InChI is InChI=1S/C28H32N6O5/c1-3-39-28(38)34-16-14-33(15-17-34)26(36)20-9-8-18(2)29-23(20)19-10-12-32(13-11-19)27(37)24-25(35)31-22-7-5-4-6-21(22)30-24/h4-9,19H,3,10-17H2,1-2H3,(H,31,35). The molecule has 0 aliphatic carbocycles. The lowest BCUT2D eigenvalue weighted by Gasteiger charge is -2.35. The number of ether oxygens (including phenoxy) is 1. The van der Waals surface area contributed by atoms with Crippen LogP contribution in [-0.2, 0) is 4.74 Å². The van der Waals surface area contributed by atoms with Gasteiger partial charge in [0, 0.05) is 50.9 Å². The number of amides is 3. The average molecular weight is 533 g/mol. The molecule has 2 aliphatic heterocycles. The van der Waals surface area contributed by atoms with Crippen molar-refractivity contribution in [2.24, 2.45) is 0 Å². The minimum Gasteiger partial charge on any atom is -0.450 e. The van der Waals surface area contributed by atoms with Crippen molar-refractivity contribution in [3.63, 3.8) is 0 Å². The summed E-state index contributed by atoms with van der Waals surface area (Å²) >= 11 is 0. The molecule has 3 aromatic rings. The number of hydrogen-bond acceptors (Lipinski definition) is 7. The molecule has 11 heteroatoms. The molecule has 2 fully saturated rings. The fourth-order valence-corrected chi connectivity index (χ4v) is 5.23.